The molecular formula is C21H26N6OS. The van der Waals surface area contributed by atoms with E-state index in [-0.39, 0.29) is 12.1 Å². The average Bonchev–Trinajstić information content (AvgIpc) is 3.28. The molecule has 152 valence electrons. The second-order valence-electron chi connectivity index (χ2n) is 7.11. The molecule has 1 fully saturated rings. The zero-order valence-electron chi connectivity index (χ0n) is 16.7. The van der Waals surface area contributed by atoms with E-state index in [2.05, 4.69) is 62.6 Å². The number of hydrogen-bond donors (Lipinski definition) is 2. The maximum absolute atomic E-state index is 6.15. The number of methoxy groups -OCH3 is 1. The van der Waals surface area contributed by atoms with Crippen LogP contribution in [0.15, 0.2) is 65.8 Å². The predicted molar refractivity (Wildman–Crippen MR) is 113 cm³/mol. The first-order chi connectivity index (χ1) is 14.3. The van der Waals surface area contributed by atoms with Crippen molar-refractivity contribution in [1.82, 2.24) is 30.8 Å². The minimum absolute atomic E-state index is 0.0211. The van der Waals surface area contributed by atoms with E-state index in [4.69, 9.17) is 4.74 Å². The van der Waals surface area contributed by atoms with Crippen molar-refractivity contribution in [3.8, 4) is 0 Å². The molecule has 0 spiro atoms. The minimum Gasteiger partial charge on any atom is -0.358 e. The monoisotopic (exact) mass is 410 g/mol. The Morgan fingerprint density at radius 3 is 2.59 bits per heavy atom. The standard InChI is InChI=1S/C21H26N6OS/c1-28-21(17-11-7-4-8-12-17)19(22-14-16-9-5-3-6-10-16)13-18(15-23-21)27-20(29-2)24-25-26-27/h3-12,18-19,22-23H,13-15H2,1-2H3/t18?,19-,21+/m1/s1. The van der Waals surface area contributed by atoms with Crippen molar-refractivity contribution in [3.63, 3.8) is 0 Å². The van der Waals surface area contributed by atoms with Gasteiger partial charge in [-0.25, -0.2) is 4.68 Å². The Balaban J connectivity index is 1.63. The fourth-order valence-electron chi connectivity index (χ4n) is 4.03. The van der Waals surface area contributed by atoms with E-state index in [0.29, 0.717) is 6.54 Å². The summed E-state index contributed by atoms with van der Waals surface area (Å²) in [4.78, 5) is 0. The summed E-state index contributed by atoms with van der Waals surface area (Å²) in [5, 5.41) is 20.4. The molecular weight excluding hydrogens is 384 g/mol. The van der Waals surface area contributed by atoms with Gasteiger partial charge in [-0.3, -0.25) is 5.32 Å². The van der Waals surface area contributed by atoms with Crippen molar-refractivity contribution < 1.29 is 4.74 Å². The van der Waals surface area contributed by atoms with Crippen molar-refractivity contribution >= 4 is 11.8 Å². The van der Waals surface area contributed by atoms with E-state index in [0.717, 1.165) is 23.7 Å². The smallest absolute Gasteiger partial charge is 0.209 e. The lowest BCUT2D eigenvalue weighted by Gasteiger charge is -2.47. The topological polar surface area (TPSA) is 76.9 Å². The van der Waals surface area contributed by atoms with Crippen LogP contribution in [0.3, 0.4) is 0 Å². The summed E-state index contributed by atoms with van der Waals surface area (Å²) < 4.78 is 8.06. The highest BCUT2D eigenvalue weighted by Gasteiger charge is 2.46. The third-order valence-electron chi connectivity index (χ3n) is 5.51. The number of aromatic nitrogens is 4. The van der Waals surface area contributed by atoms with Crippen LogP contribution in [0.2, 0.25) is 0 Å². The highest BCUT2D eigenvalue weighted by atomic mass is 32.2. The maximum atomic E-state index is 6.15. The summed E-state index contributed by atoms with van der Waals surface area (Å²) in [6.07, 6.45) is 2.83. The van der Waals surface area contributed by atoms with Crippen LogP contribution in [0.4, 0.5) is 0 Å². The van der Waals surface area contributed by atoms with Crippen LogP contribution >= 0.6 is 11.8 Å². The molecule has 0 bridgehead atoms. The van der Waals surface area contributed by atoms with Gasteiger partial charge in [0.05, 0.1) is 12.1 Å². The molecule has 2 heterocycles. The first-order valence-corrected chi connectivity index (χ1v) is 10.9. The molecule has 2 aromatic carbocycles. The lowest BCUT2D eigenvalue weighted by Crippen LogP contribution is -2.63. The normalized spacial score (nSPS) is 24.5. The number of tetrazole rings is 1. The fourth-order valence-corrected chi connectivity index (χ4v) is 4.53. The molecule has 0 saturated carbocycles. The molecule has 29 heavy (non-hydrogen) atoms. The molecule has 1 aromatic heterocycles. The van der Waals surface area contributed by atoms with E-state index in [1.54, 1.807) is 18.9 Å². The third-order valence-corrected chi connectivity index (χ3v) is 6.14. The molecule has 0 amide bonds. The highest BCUT2D eigenvalue weighted by Crippen LogP contribution is 2.36. The first-order valence-electron chi connectivity index (χ1n) is 9.71. The fraction of sp³-hybridized carbons (Fsp3) is 0.381. The van der Waals surface area contributed by atoms with Crippen LogP contribution in [0, 0.1) is 0 Å². The summed E-state index contributed by atoms with van der Waals surface area (Å²) in [5.41, 5.74) is 1.72. The van der Waals surface area contributed by atoms with E-state index in [9.17, 15) is 0 Å². The van der Waals surface area contributed by atoms with Crippen LogP contribution < -0.4 is 10.6 Å². The van der Waals surface area contributed by atoms with Gasteiger partial charge in [0.15, 0.2) is 5.72 Å². The van der Waals surface area contributed by atoms with E-state index in [1.165, 1.54) is 5.56 Å². The number of nitrogens with zero attached hydrogens (tertiary/aromatic N) is 4. The van der Waals surface area contributed by atoms with Crippen LogP contribution in [0.25, 0.3) is 0 Å². The lowest BCUT2D eigenvalue weighted by atomic mass is 9.85. The van der Waals surface area contributed by atoms with Gasteiger partial charge >= 0.3 is 0 Å². The van der Waals surface area contributed by atoms with Crippen LogP contribution in [0.5, 0.6) is 0 Å². The summed E-state index contributed by atoms with van der Waals surface area (Å²) in [7, 11) is 1.77. The largest absolute Gasteiger partial charge is 0.358 e. The molecule has 1 aliphatic heterocycles. The summed E-state index contributed by atoms with van der Waals surface area (Å²) in [6.45, 7) is 1.47. The quantitative estimate of drug-likeness (QED) is 0.580. The highest BCUT2D eigenvalue weighted by molar-refractivity contribution is 7.98. The molecule has 2 N–H and O–H groups in total. The number of hydrogen-bond acceptors (Lipinski definition) is 7. The number of piperidine rings is 1. The molecule has 3 atom stereocenters. The number of thioether (sulfide) groups is 1. The predicted octanol–water partition coefficient (Wildman–Crippen LogP) is 2.59. The number of benzene rings is 2. The zero-order valence-corrected chi connectivity index (χ0v) is 17.5. The van der Waals surface area contributed by atoms with Crippen LogP contribution in [-0.2, 0) is 17.0 Å². The second kappa shape index (κ2) is 9.04. The molecule has 1 unspecified atom stereocenters. The summed E-state index contributed by atoms with van der Waals surface area (Å²) >= 11 is 1.56. The van der Waals surface area contributed by atoms with Gasteiger partial charge in [-0.15, -0.1) is 5.10 Å². The number of rotatable bonds is 7. The number of nitrogens with one attached hydrogen (secondary N) is 2. The van der Waals surface area contributed by atoms with Crippen molar-refractivity contribution in [2.24, 2.45) is 0 Å². The molecule has 4 rings (SSSR count). The van der Waals surface area contributed by atoms with Crippen molar-refractivity contribution in [1.29, 1.82) is 0 Å². The Hall–Kier alpha value is -2.26. The van der Waals surface area contributed by atoms with Crippen molar-refractivity contribution in [2.45, 2.75) is 35.9 Å². The zero-order chi connectivity index (χ0) is 20.1. The van der Waals surface area contributed by atoms with Gasteiger partial charge in [-0.1, -0.05) is 72.4 Å². The Kier molecular flexibility index (Phi) is 6.25. The third kappa shape index (κ3) is 4.06. The molecule has 0 aliphatic carbocycles. The van der Waals surface area contributed by atoms with Crippen molar-refractivity contribution in [3.05, 3.63) is 71.8 Å². The second-order valence-corrected chi connectivity index (χ2v) is 7.88. The minimum atomic E-state index is -0.625. The Labute approximate surface area is 175 Å². The van der Waals surface area contributed by atoms with E-state index in [1.807, 2.05) is 35.2 Å². The maximum Gasteiger partial charge on any atom is 0.209 e. The summed E-state index contributed by atoms with van der Waals surface area (Å²) in [5.74, 6) is 0. The Morgan fingerprint density at radius 2 is 1.90 bits per heavy atom. The Morgan fingerprint density at radius 1 is 1.17 bits per heavy atom. The van der Waals surface area contributed by atoms with E-state index >= 15 is 0 Å². The van der Waals surface area contributed by atoms with Gasteiger partial charge in [-0.05, 0) is 28.7 Å². The average molecular weight is 411 g/mol. The SMILES string of the molecule is CO[C@]1(c2ccccc2)NCC(n2nnnc2SC)C[C@H]1NCc1ccccc1. The first kappa shape index (κ1) is 20.0. The molecule has 3 aromatic rings. The van der Waals surface area contributed by atoms with Crippen LogP contribution in [-0.4, -0.2) is 46.2 Å². The van der Waals surface area contributed by atoms with Gasteiger partial charge in [0.25, 0.3) is 0 Å². The molecule has 1 aliphatic rings. The lowest BCUT2D eigenvalue weighted by molar-refractivity contribution is -0.0994. The molecule has 1 saturated heterocycles. The Bertz CT molecular complexity index is 906. The van der Waals surface area contributed by atoms with Crippen LogP contribution in [0.1, 0.15) is 23.6 Å². The number of ether oxygens (including phenoxy) is 1. The van der Waals surface area contributed by atoms with E-state index < -0.39 is 5.72 Å². The van der Waals surface area contributed by atoms with Gasteiger partial charge in [-0.2, -0.15) is 0 Å². The van der Waals surface area contributed by atoms with Gasteiger partial charge in [0.2, 0.25) is 5.16 Å². The van der Waals surface area contributed by atoms with Gasteiger partial charge < -0.3 is 10.1 Å². The molecule has 0 radical (unpaired) electrons. The van der Waals surface area contributed by atoms with Crippen molar-refractivity contribution in [2.75, 3.05) is 19.9 Å². The molecule has 7 nitrogen and oxygen atoms in total. The summed E-state index contributed by atoms with van der Waals surface area (Å²) in [6, 6.07) is 20.9. The van der Waals surface area contributed by atoms with Gasteiger partial charge in [0.1, 0.15) is 0 Å². The molecule has 8 heteroatoms. The van der Waals surface area contributed by atoms with Gasteiger partial charge in [0, 0.05) is 25.8 Å².